The predicted molar refractivity (Wildman–Crippen MR) is 182 cm³/mol. The highest BCUT2D eigenvalue weighted by atomic mass is 31.1. The molecule has 0 unspecified atom stereocenters. The van der Waals surface area contributed by atoms with E-state index in [0.717, 1.165) is 23.7 Å². The Hall–Kier alpha value is -2.92. The molecule has 0 aliphatic rings. The minimum absolute atomic E-state index is 0.0970. The third-order valence-corrected chi connectivity index (χ3v) is 11.8. The van der Waals surface area contributed by atoms with Crippen molar-refractivity contribution >= 4 is 48.5 Å². The summed E-state index contributed by atoms with van der Waals surface area (Å²) in [5.41, 5.74) is 2.11. The van der Waals surface area contributed by atoms with Crippen LogP contribution in [0.2, 0.25) is 0 Å². The van der Waals surface area contributed by atoms with Crippen LogP contribution in [0.4, 0.5) is 0 Å². The van der Waals surface area contributed by atoms with Crippen molar-refractivity contribution in [3.05, 3.63) is 121 Å². The summed E-state index contributed by atoms with van der Waals surface area (Å²) in [5, 5.41) is 15.7. The second-order valence-corrected chi connectivity index (χ2v) is 16.5. The Labute approximate surface area is 244 Å². The highest BCUT2D eigenvalue weighted by Gasteiger charge is 2.27. The van der Waals surface area contributed by atoms with Crippen molar-refractivity contribution in [1.82, 2.24) is 0 Å². The molecular weight excluding hydrogens is 522 g/mol. The van der Waals surface area contributed by atoms with Gasteiger partial charge in [0, 0.05) is 23.2 Å². The van der Waals surface area contributed by atoms with Gasteiger partial charge in [0.1, 0.15) is 0 Å². The number of rotatable bonds is 9. The summed E-state index contributed by atoms with van der Waals surface area (Å²) in [7, 11) is -1.20. The first-order valence-corrected chi connectivity index (χ1v) is 17.1. The summed E-state index contributed by atoms with van der Waals surface area (Å²) in [6.07, 6.45) is 1.78. The lowest BCUT2D eigenvalue weighted by atomic mass is 9.90. The Morgan fingerprint density at radius 2 is 0.650 bits per heavy atom. The van der Waals surface area contributed by atoms with Crippen molar-refractivity contribution in [1.29, 1.82) is 0 Å². The number of hydrogen-bond acceptors (Lipinski definition) is 2. The summed E-state index contributed by atoms with van der Waals surface area (Å²) >= 11 is 0. The summed E-state index contributed by atoms with van der Waals surface area (Å²) < 4.78 is 0. The first kappa shape index (κ1) is 30.0. The van der Waals surface area contributed by atoms with Gasteiger partial charge in [0.05, 0.1) is 11.4 Å². The van der Waals surface area contributed by atoms with Crippen LogP contribution in [0, 0.1) is 10.8 Å². The van der Waals surface area contributed by atoms with Crippen molar-refractivity contribution in [2.24, 2.45) is 21.0 Å². The van der Waals surface area contributed by atoms with Crippen LogP contribution in [0.25, 0.3) is 0 Å². The molecule has 4 heteroatoms. The van der Waals surface area contributed by atoms with E-state index in [4.69, 9.17) is 10.2 Å². The van der Waals surface area contributed by atoms with Gasteiger partial charge in [-0.25, -0.2) is 0 Å². The fourth-order valence-electron chi connectivity index (χ4n) is 4.35. The molecule has 0 N–H and O–H groups in total. The predicted octanol–water partition coefficient (Wildman–Crippen LogP) is 8.14. The standard InChI is InChI=1S/C36H42N2P2/c1-35(2,3)33(27-39(29-19-11-7-12-20-29)30-21-13-8-14-22-30)37-38-34(36(4,5)6)28-40(31-23-15-9-16-24-31)32-25-17-10-18-26-32/h7-26H,27-28H2,1-6H3/b37-33-,38-34+. The molecule has 0 saturated carbocycles. The van der Waals surface area contributed by atoms with Crippen LogP contribution in [0.3, 0.4) is 0 Å². The van der Waals surface area contributed by atoms with Crippen LogP contribution in [0.15, 0.2) is 132 Å². The van der Waals surface area contributed by atoms with Crippen molar-refractivity contribution in [2.75, 3.05) is 12.3 Å². The van der Waals surface area contributed by atoms with Crippen LogP contribution in [-0.4, -0.2) is 23.7 Å². The van der Waals surface area contributed by atoms with Gasteiger partial charge in [0.25, 0.3) is 0 Å². The Morgan fingerprint density at radius 1 is 0.425 bits per heavy atom. The third kappa shape index (κ3) is 8.30. The molecule has 206 valence electrons. The van der Waals surface area contributed by atoms with E-state index in [1.807, 2.05) is 0 Å². The number of hydrogen-bond donors (Lipinski definition) is 0. The Balaban J connectivity index is 1.75. The van der Waals surface area contributed by atoms with Crippen LogP contribution in [0.1, 0.15) is 41.5 Å². The van der Waals surface area contributed by atoms with E-state index in [1.165, 1.54) is 21.2 Å². The monoisotopic (exact) mass is 564 g/mol. The van der Waals surface area contributed by atoms with E-state index >= 15 is 0 Å². The molecule has 0 aliphatic heterocycles. The molecule has 0 bridgehead atoms. The summed E-state index contributed by atoms with van der Waals surface area (Å²) in [4.78, 5) is 0. The minimum atomic E-state index is -0.598. The van der Waals surface area contributed by atoms with Crippen LogP contribution >= 0.6 is 15.8 Å². The van der Waals surface area contributed by atoms with Gasteiger partial charge in [-0.2, -0.15) is 10.2 Å². The van der Waals surface area contributed by atoms with E-state index in [0.29, 0.717) is 0 Å². The van der Waals surface area contributed by atoms with Gasteiger partial charge >= 0.3 is 0 Å². The van der Waals surface area contributed by atoms with Crippen LogP contribution in [0.5, 0.6) is 0 Å². The maximum absolute atomic E-state index is 5.12. The zero-order valence-corrected chi connectivity index (χ0v) is 26.5. The Kier molecular flexibility index (Phi) is 10.2. The molecule has 4 rings (SSSR count). The second-order valence-electron chi connectivity index (χ2n) is 12.1. The zero-order chi connectivity index (χ0) is 28.6. The smallest absolute Gasteiger partial charge is 0.0508 e. The third-order valence-electron chi connectivity index (χ3n) is 6.91. The van der Waals surface area contributed by atoms with E-state index in [-0.39, 0.29) is 10.8 Å². The first-order chi connectivity index (χ1) is 19.1. The molecule has 0 aliphatic carbocycles. The van der Waals surface area contributed by atoms with Gasteiger partial charge < -0.3 is 0 Å². The molecule has 0 fully saturated rings. The van der Waals surface area contributed by atoms with Crippen molar-refractivity contribution in [3.8, 4) is 0 Å². The van der Waals surface area contributed by atoms with E-state index < -0.39 is 15.8 Å². The topological polar surface area (TPSA) is 24.7 Å². The molecule has 0 saturated heterocycles. The van der Waals surface area contributed by atoms with Crippen molar-refractivity contribution in [3.63, 3.8) is 0 Å². The molecule has 0 spiro atoms. The van der Waals surface area contributed by atoms with Crippen LogP contribution in [-0.2, 0) is 0 Å². The maximum atomic E-state index is 5.12. The summed E-state index contributed by atoms with van der Waals surface area (Å²) in [6.45, 7) is 13.6. The fourth-order valence-corrected chi connectivity index (χ4v) is 9.48. The van der Waals surface area contributed by atoms with Crippen molar-refractivity contribution < 1.29 is 0 Å². The Morgan fingerprint density at radius 3 is 0.850 bits per heavy atom. The van der Waals surface area contributed by atoms with Gasteiger partial charge in [-0.1, -0.05) is 163 Å². The number of benzene rings is 4. The summed E-state index contributed by atoms with van der Waals surface area (Å²) in [5.74, 6) is 0. The van der Waals surface area contributed by atoms with E-state index in [2.05, 4.69) is 163 Å². The number of nitrogens with zero attached hydrogens (tertiary/aromatic N) is 2. The second kappa shape index (κ2) is 13.6. The highest BCUT2D eigenvalue weighted by molar-refractivity contribution is 7.74. The molecule has 0 amide bonds. The van der Waals surface area contributed by atoms with Gasteiger partial charge in [-0.15, -0.1) is 0 Å². The molecular formula is C36H42N2P2. The minimum Gasteiger partial charge on any atom is -0.159 e. The van der Waals surface area contributed by atoms with Gasteiger partial charge in [0.15, 0.2) is 0 Å². The average Bonchev–Trinajstić information content (AvgIpc) is 2.95. The average molecular weight is 565 g/mol. The maximum Gasteiger partial charge on any atom is 0.0508 e. The Bertz CT molecular complexity index is 1200. The molecule has 0 atom stereocenters. The molecule has 0 heterocycles. The highest BCUT2D eigenvalue weighted by Crippen LogP contribution is 2.38. The molecule has 2 nitrogen and oxygen atoms in total. The van der Waals surface area contributed by atoms with Crippen molar-refractivity contribution in [2.45, 2.75) is 41.5 Å². The van der Waals surface area contributed by atoms with Crippen LogP contribution < -0.4 is 21.2 Å². The normalized spacial score (nSPS) is 13.2. The quantitative estimate of drug-likeness (QED) is 0.111. The lowest BCUT2D eigenvalue weighted by Crippen LogP contribution is -2.29. The van der Waals surface area contributed by atoms with E-state index in [9.17, 15) is 0 Å². The first-order valence-electron chi connectivity index (χ1n) is 14.0. The molecule has 0 radical (unpaired) electrons. The van der Waals surface area contributed by atoms with Gasteiger partial charge in [0.2, 0.25) is 0 Å². The van der Waals surface area contributed by atoms with Gasteiger partial charge in [-0.3, -0.25) is 0 Å². The molecule has 4 aromatic rings. The molecule has 40 heavy (non-hydrogen) atoms. The lowest BCUT2D eigenvalue weighted by molar-refractivity contribution is 0.578. The van der Waals surface area contributed by atoms with Gasteiger partial charge in [-0.05, 0) is 37.1 Å². The fraction of sp³-hybridized carbons (Fsp3) is 0.278. The largest absolute Gasteiger partial charge is 0.159 e. The van der Waals surface area contributed by atoms with E-state index in [1.54, 1.807) is 0 Å². The lowest BCUT2D eigenvalue weighted by Gasteiger charge is -2.28. The molecule has 4 aromatic carbocycles. The molecule has 0 aromatic heterocycles. The SMILES string of the molecule is CC(C)(C)/C(CP(c1ccccc1)c1ccccc1)=N/N=C(/CP(c1ccccc1)c1ccccc1)C(C)(C)C. The zero-order valence-electron chi connectivity index (χ0n) is 24.8. The summed E-state index contributed by atoms with van der Waals surface area (Å²) in [6, 6.07) is 43.6.